The van der Waals surface area contributed by atoms with E-state index in [1.54, 1.807) is 30.3 Å². The zero-order valence-electron chi connectivity index (χ0n) is 11.2. The van der Waals surface area contributed by atoms with Gasteiger partial charge in [-0.05, 0) is 11.2 Å². The van der Waals surface area contributed by atoms with Crippen LogP contribution in [0.3, 0.4) is 0 Å². The summed E-state index contributed by atoms with van der Waals surface area (Å²) in [6, 6.07) is 10.7. The Kier molecular flexibility index (Phi) is 3.16. The molecular formula is C15H11N3O3. The summed E-state index contributed by atoms with van der Waals surface area (Å²) >= 11 is 0. The monoisotopic (exact) mass is 281 g/mol. The molecule has 0 bridgehead atoms. The van der Waals surface area contributed by atoms with E-state index in [0.29, 0.717) is 28.0 Å². The van der Waals surface area contributed by atoms with E-state index in [1.165, 1.54) is 17.9 Å². The number of rotatable bonds is 3. The Balaban J connectivity index is 2.13. The highest BCUT2D eigenvalue weighted by Gasteiger charge is 2.11. The van der Waals surface area contributed by atoms with E-state index in [4.69, 9.17) is 9.26 Å². The molecule has 0 fully saturated rings. The number of fused-ring (bicyclic) bond motifs is 1. The van der Waals surface area contributed by atoms with Crippen LogP contribution >= 0.6 is 0 Å². The van der Waals surface area contributed by atoms with E-state index in [2.05, 4.69) is 11.2 Å². The zero-order valence-corrected chi connectivity index (χ0v) is 11.2. The number of pyridine rings is 1. The molecule has 3 rings (SSSR count). The van der Waals surface area contributed by atoms with Gasteiger partial charge in [0.2, 0.25) is 0 Å². The highest BCUT2D eigenvalue weighted by atomic mass is 16.5. The Morgan fingerprint density at radius 1 is 1.38 bits per heavy atom. The van der Waals surface area contributed by atoms with Gasteiger partial charge in [0.1, 0.15) is 6.07 Å². The van der Waals surface area contributed by atoms with Crippen molar-refractivity contribution >= 4 is 10.8 Å². The average Bonchev–Trinajstić information content (AvgIpc) is 2.98. The van der Waals surface area contributed by atoms with Gasteiger partial charge in [0, 0.05) is 23.0 Å². The molecule has 0 spiro atoms. The molecule has 6 heteroatoms. The van der Waals surface area contributed by atoms with E-state index in [9.17, 15) is 10.1 Å². The second-order valence-corrected chi connectivity index (χ2v) is 4.47. The number of hydrogen-bond donors (Lipinski definition) is 0. The minimum Gasteiger partial charge on any atom is -0.479 e. The molecule has 0 aliphatic heterocycles. The summed E-state index contributed by atoms with van der Waals surface area (Å²) in [7, 11) is 1.48. The van der Waals surface area contributed by atoms with Crippen molar-refractivity contribution in [2.45, 2.75) is 6.54 Å². The summed E-state index contributed by atoms with van der Waals surface area (Å²) in [6.07, 6.45) is 1.53. The molecule has 0 aliphatic rings. The topological polar surface area (TPSA) is 81.0 Å². The molecule has 3 aromatic rings. The van der Waals surface area contributed by atoms with Gasteiger partial charge < -0.3 is 13.8 Å². The maximum atomic E-state index is 12.4. The van der Waals surface area contributed by atoms with Crippen molar-refractivity contribution < 1.29 is 9.26 Å². The van der Waals surface area contributed by atoms with E-state index in [1.807, 2.05) is 0 Å². The molecule has 2 aromatic heterocycles. The third kappa shape index (κ3) is 2.25. The molecule has 2 heterocycles. The van der Waals surface area contributed by atoms with Gasteiger partial charge >= 0.3 is 0 Å². The minimum absolute atomic E-state index is 0.181. The Bertz CT molecular complexity index is 902. The fourth-order valence-electron chi connectivity index (χ4n) is 2.18. The lowest BCUT2D eigenvalue weighted by Crippen LogP contribution is -2.20. The number of nitriles is 1. The highest BCUT2D eigenvalue weighted by molar-refractivity contribution is 5.86. The lowest BCUT2D eigenvalue weighted by molar-refractivity contribution is 0.323. The first-order chi connectivity index (χ1) is 10.2. The van der Waals surface area contributed by atoms with Gasteiger partial charge in [-0.15, -0.1) is 0 Å². The number of nitrogens with zero attached hydrogens (tertiary/aromatic N) is 3. The first kappa shape index (κ1) is 12.9. The second-order valence-electron chi connectivity index (χ2n) is 4.47. The molecule has 21 heavy (non-hydrogen) atoms. The quantitative estimate of drug-likeness (QED) is 0.732. The summed E-state index contributed by atoms with van der Waals surface area (Å²) in [6.45, 7) is 0.189. The van der Waals surface area contributed by atoms with E-state index in [0.717, 1.165) is 0 Å². The third-order valence-corrected chi connectivity index (χ3v) is 3.19. The predicted octanol–water partition coefficient (Wildman–Crippen LogP) is 1.92. The minimum atomic E-state index is -0.181. The molecule has 0 saturated heterocycles. The smallest absolute Gasteiger partial charge is 0.258 e. The Morgan fingerprint density at radius 2 is 2.14 bits per heavy atom. The molecule has 0 unspecified atom stereocenters. The van der Waals surface area contributed by atoms with Gasteiger partial charge in [-0.25, -0.2) is 0 Å². The van der Waals surface area contributed by atoms with Crippen LogP contribution in [0.15, 0.2) is 45.8 Å². The van der Waals surface area contributed by atoms with Crippen molar-refractivity contribution in [1.82, 2.24) is 9.72 Å². The number of aromatic nitrogens is 2. The molecule has 0 aliphatic carbocycles. The van der Waals surface area contributed by atoms with Gasteiger partial charge in [-0.1, -0.05) is 18.2 Å². The van der Waals surface area contributed by atoms with E-state index in [-0.39, 0.29) is 12.1 Å². The lowest BCUT2D eigenvalue weighted by atomic mass is 10.1. The molecule has 1 aromatic carbocycles. The summed E-state index contributed by atoms with van der Waals surface area (Å²) < 4.78 is 11.4. The third-order valence-electron chi connectivity index (χ3n) is 3.19. The standard InChI is InChI=1S/C15H11N3O3/c1-20-14-6-11(21-17-14)9-18-8-10(7-16)12-4-2-3-5-13(12)15(18)19/h2-6,8H,9H2,1H3. The predicted molar refractivity (Wildman–Crippen MR) is 75.1 cm³/mol. The van der Waals surface area contributed by atoms with Crippen LogP contribution in [0, 0.1) is 11.3 Å². The molecule has 0 N–H and O–H groups in total. The van der Waals surface area contributed by atoms with Gasteiger partial charge in [0.15, 0.2) is 5.76 Å². The molecule has 0 radical (unpaired) electrons. The SMILES string of the molecule is COc1cc(Cn2cc(C#N)c3ccccc3c2=O)on1. The summed E-state index contributed by atoms with van der Waals surface area (Å²) in [5, 5.41) is 14.1. The van der Waals surface area contributed by atoms with Crippen molar-refractivity contribution in [3.63, 3.8) is 0 Å². The number of hydrogen-bond acceptors (Lipinski definition) is 5. The van der Waals surface area contributed by atoms with Crippen molar-refractivity contribution in [3.05, 3.63) is 58.2 Å². The number of ether oxygens (including phenoxy) is 1. The molecule has 0 atom stereocenters. The van der Waals surface area contributed by atoms with E-state index >= 15 is 0 Å². The van der Waals surface area contributed by atoms with Crippen LogP contribution in [0.5, 0.6) is 5.88 Å². The molecular weight excluding hydrogens is 270 g/mol. The fourth-order valence-corrected chi connectivity index (χ4v) is 2.18. The van der Waals surface area contributed by atoms with Crippen LogP contribution in [0.25, 0.3) is 10.8 Å². The van der Waals surface area contributed by atoms with Crippen LogP contribution in [0.1, 0.15) is 11.3 Å². The van der Waals surface area contributed by atoms with Crippen LogP contribution < -0.4 is 10.3 Å². The van der Waals surface area contributed by atoms with E-state index < -0.39 is 0 Å². The zero-order chi connectivity index (χ0) is 14.8. The van der Waals surface area contributed by atoms with Crippen LogP contribution in [-0.2, 0) is 6.54 Å². The van der Waals surface area contributed by atoms with Gasteiger partial charge in [-0.3, -0.25) is 4.79 Å². The van der Waals surface area contributed by atoms with Crippen LogP contribution in [0.4, 0.5) is 0 Å². The fraction of sp³-hybridized carbons (Fsp3) is 0.133. The average molecular weight is 281 g/mol. The normalized spacial score (nSPS) is 10.5. The van der Waals surface area contributed by atoms with Crippen molar-refractivity contribution in [1.29, 1.82) is 5.26 Å². The highest BCUT2D eigenvalue weighted by Crippen LogP contribution is 2.16. The Morgan fingerprint density at radius 3 is 2.81 bits per heavy atom. The van der Waals surface area contributed by atoms with Crippen LogP contribution in [-0.4, -0.2) is 16.8 Å². The molecule has 0 saturated carbocycles. The van der Waals surface area contributed by atoms with Crippen molar-refractivity contribution in [2.24, 2.45) is 0 Å². The van der Waals surface area contributed by atoms with Crippen molar-refractivity contribution in [3.8, 4) is 11.9 Å². The maximum absolute atomic E-state index is 12.4. The van der Waals surface area contributed by atoms with Crippen LogP contribution in [0.2, 0.25) is 0 Å². The Labute approximate surface area is 119 Å². The van der Waals surface area contributed by atoms with Gasteiger partial charge in [-0.2, -0.15) is 5.26 Å². The molecule has 0 amide bonds. The first-order valence-corrected chi connectivity index (χ1v) is 6.25. The first-order valence-electron chi connectivity index (χ1n) is 6.25. The van der Waals surface area contributed by atoms with Gasteiger partial charge in [0.25, 0.3) is 11.4 Å². The van der Waals surface area contributed by atoms with Gasteiger partial charge in [0.05, 0.1) is 19.2 Å². The number of methoxy groups -OCH3 is 1. The lowest BCUT2D eigenvalue weighted by Gasteiger charge is -2.06. The summed E-state index contributed by atoms with van der Waals surface area (Å²) in [5.74, 6) is 0.826. The summed E-state index contributed by atoms with van der Waals surface area (Å²) in [4.78, 5) is 12.4. The molecule has 6 nitrogen and oxygen atoms in total. The summed E-state index contributed by atoms with van der Waals surface area (Å²) in [5.41, 5.74) is 0.261. The Hall–Kier alpha value is -3.07. The molecule has 104 valence electrons. The maximum Gasteiger partial charge on any atom is 0.258 e. The second kappa shape index (κ2) is 5.13. The van der Waals surface area contributed by atoms with Crippen molar-refractivity contribution in [2.75, 3.05) is 7.11 Å². The number of benzene rings is 1. The largest absolute Gasteiger partial charge is 0.479 e.